The first kappa shape index (κ1) is 111. The highest BCUT2D eigenvalue weighted by molar-refractivity contribution is 5.73. The average Bonchev–Trinajstić information content (AvgIpc) is 0.956. The molecule has 672 valence electrons. The molecule has 0 amide bonds. The summed E-state index contributed by atoms with van der Waals surface area (Å²) in [6, 6.07) is 0. The lowest BCUT2D eigenvalue weighted by atomic mass is 9.89. The molecule has 0 saturated carbocycles. The predicted octanol–water partition coefficient (Wildman–Crippen LogP) is 30.5. The van der Waals surface area contributed by atoms with Crippen LogP contribution >= 0.6 is 0 Å². The summed E-state index contributed by atoms with van der Waals surface area (Å²) in [5.41, 5.74) is 0. The van der Waals surface area contributed by atoms with Crippen LogP contribution in [0.4, 0.5) is 0 Å². The number of likely N-dealkylation sites (N-methyl/N-ethyl adjacent to an activating group) is 1. The number of hydrogen-bond acceptors (Lipinski definition) is 11. The van der Waals surface area contributed by atoms with Gasteiger partial charge in [-0.15, -0.1) is 0 Å². The quantitative estimate of drug-likeness (QED) is 0.0329. The van der Waals surface area contributed by atoms with E-state index in [4.69, 9.17) is 18.9 Å². The van der Waals surface area contributed by atoms with E-state index in [1.807, 2.05) is 0 Å². The van der Waals surface area contributed by atoms with Crippen molar-refractivity contribution in [1.82, 2.24) is 14.7 Å². The van der Waals surface area contributed by atoms with Crippen molar-refractivity contribution in [2.75, 3.05) is 87.3 Å². The molecule has 0 aromatic carbocycles. The van der Waals surface area contributed by atoms with E-state index in [1.165, 1.54) is 347 Å². The van der Waals surface area contributed by atoms with E-state index in [9.17, 15) is 19.2 Å². The molecule has 0 aromatic heterocycles. The maximum atomic E-state index is 13.6. The molecule has 0 aliphatic carbocycles. The van der Waals surface area contributed by atoms with E-state index >= 15 is 0 Å². The summed E-state index contributed by atoms with van der Waals surface area (Å²) >= 11 is 0. The fourth-order valence-electron chi connectivity index (χ4n) is 17.3. The van der Waals surface area contributed by atoms with Crippen LogP contribution in [-0.4, -0.2) is 126 Å². The van der Waals surface area contributed by atoms with E-state index < -0.39 is 0 Å². The molecule has 0 bridgehead atoms. The molecule has 11 heteroatoms. The first-order valence-corrected chi connectivity index (χ1v) is 50.9. The molecule has 0 heterocycles. The minimum Gasteiger partial charge on any atom is -0.465 e. The summed E-state index contributed by atoms with van der Waals surface area (Å²) in [6.45, 7) is 23.8. The second-order valence-electron chi connectivity index (χ2n) is 36.9. The number of ether oxygens (including phenoxy) is 4. The lowest BCUT2D eigenvalue weighted by Gasteiger charge is -2.24. The molecule has 0 rings (SSSR count). The van der Waals surface area contributed by atoms with Crippen molar-refractivity contribution in [2.45, 2.75) is 511 Å². The molecule has 6 atom stereocenters. The van der Waals surface area contributed by atoms with Crippen LogP contribution < -0.4 is 0 Å². The number of rotatable bonds is 93. The predicted molar refractivity (Wildman–Crippen MR) is 490 cm³/mol. The topological polar surface area (TPSA) is 115 Å². The van der Waals surface area contributed by atoms with Crippen LogP contribution in [0.3, 0.4) is 0 Å². The zero-order valence-corrected chi connectivity index (χ0v) is 78.3. The lowest BCUT2D eigenvalue weighted by molar-refractivity contribution is -0.150. The summed E-state index contributed by atoms with van der Waals surface area (Å²) in [6.07, 6.45) is 86.7. The van der Waals surface area contributed by atoms with Crippen molar-refractivity contribution in [1.29, 1.82) is 0 Å². The van der Waals surface area contributed by atoms with Crippen LogP contribution in [0.2, 0.25) is 0 Å². The van der Waals surface area contributed by atoms with Crippen molar-refractivity contribution >= 4 is 23.9 Å². The second-order valence-corrected chi connectivity index (χ2v) is 36.9. The zero-order chi connectivity index (χ0) is 82.6. The van der Waals surface area contributed by atoms with Crippen molar-refractivity contribution in [2.24, 2.45) is 35.5 Å². The monoisotopic (exact) mass is 1600 g/mol. The fourth-order valence-corrected chi connectivity index (χ4v) is 17.3. The van der Waals surface area contributed by atoms with E-state index in [1.54, 1.807) is 0 Å². The normalized spacial score (nSPS) is 13.5. The maximum absolute atomic E-state index is 13.6. The van der Waals surface area contributed by atoms with Crippen LogP contribution in [-0.2, 0) is 38.1 Å². The Kier molecular flexibility index (Phi) is 85.8. The smallest absolute Gasteiger partial charge is 0.308 e. The van der Waals surface area contributed by atoms with Gasteiger partial charge in [0, 0.05) is 32.5 Å². The Morgan fingerprint density at radius 2 is 0.487 bits per heavy atom. The van der Waals surface area contributed by atoms with Crippen molar-refractivity contribution < 1.29 is 38.1 Å². The average molecular weight is 1600 g/mol. The summed E-state index contributed by atoms with van der Waals surface area (Å²) in [7, 11) is 8.78. The van der Waals surface area contributed by atoms with Crippen LogP contribution in [0.1, 0.15) is 511 Å². The van der Waals surface area contributed by atoms with Crippen LogP contribution in [0.25, 0.3) is 0 Å². The number of unbranched alkanes of at least 4 members (excludes halogenated alkanes) is 45. The second kappa shape index (κ2) is 87.6. The van der Waals surface area contributed by atoms with Gasteiger partial charge < -0.3 is 33.6 Å². The van der Waals surface area contributed by atoms with Crippen LogP contribution in [0.5, 0.6) is 0 Å². The SMILES string of the molecule is CCCCCCCCC(CCCCCC)COC(=O)CCCCCN(CCCCCC(=O)OCC(CCCCCCCC)CCCC(CC)CCCCCCC(CCCCCCCC)C(=O)OCCCCCCCCCC(CCCCCCCCCOC(=O)C(CCCCCC)CCCCCCCC)CN(C)C)CCN(C)C. The molecule has 0 fully saturated rings. The maximum Gasteiger partial charge on any atom is 0.308 e. The molecular weight excluding hydrogens is 1400 g/mol. The Morgan fingerprint density at radius 3 is 0.796 bits per heavy atom. The third kappa shape index (κ3) is 78.1. The molecule has 0 radical (unpaired) electrons. The van der Waals surface area contributed by atoms with Gasteiger partial charge in [-0.2, -0.15) is 0 Å². The number of esters is 4. The van der Waals surface area contributed by atoms with E-state index in [2.05, 4.69) is 91.4 Å². The van der Waals surface area contributed by atoms with Gasteiger partial charge in [0.25, 0.3) is 0 Å². The lowest BCUT2D eigenvalue weighted by Crippen LogP contribution is -2.33. The summed E-state index contributed by atoms with van der Waals surface area (Å²) < 4.78 is 23.9. The van der Waals surface area contributed by atoms with E-state index in [0.717, 1.165) is 147 Å². The van der Waals surface area contributed by atoms with Gasteiger partial charge in [-0.1, -0.05) is 395 Å². The minimum absolute atomic E-state index is 0.00540. The molecule has 0 aliphatic heterocycles. The van der Waals surface area contributed by atoms with Crippen molar-refractivity contribution in [3.05, 3.63) is 0 Å². The Hall–Kier alpha value is -2.24. The van der Waals surface area contributed by atoms with Gasteiger partial charge in [0.15, 0.2) is 0 Å². The van der Waals surface area contributed by atoms with Crippen molar-refractivity contribution in [3.63, 3.8) is 0 Å². The molecule has 0 aliphatic rings. The molecule has 6 unspecified atom stereocenters. The molecule has 0 saturated heterocycles. The van der Waals surface area contributed by atoms with Gasteiger partial charge in [0.1, 0.15) is 0 Å². The Balaban J connectivity index is 4.80. The molecule has 11 nitrogen and oxygen atoms in total. The van der Waals surface area contributed by atoms with Gasteiger partial charge in [0.05, 0.1) is 38.3 Å². The number of nitrogens with zero attached hydrogens (tertiary/aromatic N) is 3. The highest BCUT2D eigenvalue weighted by Crippen LogP contribution is 2.29. The summed E-state index contributed by atoms with van der Waals surface area (Å²) in [5.74, 6) is 2.83. The Labute approximate surface area is 706 Å². The van der Waals surface area contributed by atoms with Gasteiger partial charge in [-0.05, 0) is 168 Å². The molecule has 113 heavy (non-hydrogen) atoms. The summed E-state index contributed by atoms with van der Waals surface area (Å²) in [4.78, 5) is 60.1. The third-order valence-corrected chi connectivity index (χ3v) is 25.2. The molecule has 0 aromatic rings. The van der Waals surface area contributed by atoms with Gasteiger partial charge in [0.2, 0.25) is 0 Å². The fraction of sp³-hybridized carbons (Fsp3) is 0.961. The first-order valence-electron chi connectivity index (χ1n) is 50.9. The van der Waals surface area contributed by atoms with Gasteiger partial charge in [-0.3, -0.25) is 19.2 Å². The minimum atomic E-state index is -0.00967. The van der Waals surface area contributed by atoms with E-state index in [-0.39, 0.29) is 35.7 Å². The molecule has 0 N–H and O–H groups in total. The highest BCUT2D eigenvalue weighted by atomic mass is 16.5. The third-order valence-electron chi connectivity index (χ3n) is 25.2. The number of hydrogen-bond donors (Lipinski definition) is 0. The Morgan fingerprint density at radius 1 is 0.230 bits per heavy atom. The molecule has 0 spiro atoms. The number of carbonyl (C=O) groups excluding carboxylic acids is 4. The zero-order valence-electron chi connectivity index (χ0n) is 78.3. The van der Waals surface area contributed by atoms with Gasteiger partial charge >= 0.3 is 23.9 Å². The highest BCUT2D eigenvalue weighted by Gasteiger charge is 2.23. The van der Waals surface area contributed by atoms with Gasteiger partial charge in [-0.25, -0.2) is 0 Å². The van der Waals surface area contributed by atoms with E-state index in [0.29, 0.717) is 51.1 Å². The number of carbonyl (C=O) groups is 4. The van der Waals surface area contributed by atoms with Crippen molar-refractivity contribution in [3.8, 4) is 0 Å². The Bertz CT molecular complexity index is 1970. The first-order chi connectivity index (χ1) is 55.3. The summed E-state index contributed by atoms with van der Waals surface area (Å²) in [5, 5.41) is 0. The largest absolute Gasteiger partial charge is 0.465 e. The van der Waals surface area contributed by atoms with Crippen LogP contribution in [0, 0.1) is 35.5 Å². The molecular formula is C102H201N3O8. The van der Waals surface area contributed by atoms with Crippen LogP contribution in [0.15, 0.2) is 0 Å². The standard InChI is InChI=1S/C102H201N3O8/c1-12-19-25-31-41-57-74-95(73-53-29-23-16-5)91-112-99(106)82-63-51-65-84-105(87-86-103(8)9)85-66-52-64-83-100(107)113-92-96(75-58-42-32-26-20-13-2)77-69-76-93(18-7)70-54-47-48-62-81-98(80-61-46-34-28-22-15-4)102(109)111-89-68-50-40-36-38-44-56-72-94(90-104(10)11)71-55-43-37-35-39-49-67-88-110-101(108)97(78-59-30-24-17-6)79-60-45-33-27-21-14-3/h93-98H,12-92H2,1-11H3.